The maximum absolute atomic E-state index is 2.46. The molecule has 0 nitrogen and oxygen atoms in total. The van der Waals surface area contributed by atoms with Gasteiger partial charge in [0.2, 0.25) is 0 Å². The first-order valence-corrected chi connectivity index (χ1v) is 18.0. The van der Waals surface area contributed by atoms with Crippen molar-refractivity contribution in [3.05, 3.63) is 50.6 Å². The summed E-state index contributed by atoms with van der Waals surface area (Å²) in [4.78, 5) is 0. The second kappa shape index (κ2) is 26.2. The van der Waals surface area contributed by atoms with Gasteiger partial charge in [-0.3, -0.25) is 0 Å². The zero-order valence-corrected chi connectivity index (χ0v) is 30.9. The summed E-state index contributed by atoms with van der Waals surface area (Å²) in [6.45, 7) is 9.58. The van der Waals surface area contributed by atoms with E-state index in [9.17, 15) is 0 Å². The molecule has 0 spiro atoms. The van der Waals surface area contributed by atoms with Gasteiger partial charge in [0.15, 0.2) is 0 Å². The van der Waals surface area contributed by atoms with E-state index in [4.69, 9.17) is 0 Å². The molecule has 2 rings (SSSR count). The number of allylic oxidation sites excluding steroid dienone is 4. The third-order valence-corrected chi connectivity index (χ3v) is 11.8. The normalized spacial score (nSPS) is 15.9. The molecule has 5 heteroatoms. The fourth-order valence-electron chi connectivity index (χ4n) is 6.08. The quantitative estimate of drug-likeness (QED) is 0.138. The minimum absolute atomic E-state index is 0. The van der Waals surface area contributed by atoms with Crippen LogP contribution in [0, 0.1) is 11.8 Å². The van der Waals surface area contributed by atoms with Gasteiger partial charge in [-0.25, -0.2) is 0 Å². The Balaban J connectivity index is 0. The first-order chi connectivity index (χ1) is 17.6. The van der Waals surface area contributed by atoms with Crippen molar-refractivity contribution in [2.75, 3.05) is 0 Å². The van der Waals surface area contributed by atoms with Crippen molar-refractivity contribution in [3.63, 3.8) is 0 Å². The van der Waals surface area contributed by atoms with Crippen molar-refractivity contribution in [3.8, 4) is 0 Å². The SMILES string of the molecule is CCCCCCCCCCCCCCCCCCC1C(C)=[C]([Ti+3])C(C(C)CC)=C1[SiH2]c1ccccc1.[Cl-].[Cl-].[Cl-]. The molecule has 222 valence electrons. The monoisotopic (exact) mass is 646 g/mol. The molecule has 0 saturated carbocycles. The minimum atomic E-state index is -0.375. The van der Waals surface area contributed by atoms with Crippen LogP contribution in [0.5, 0.6) is 0 Å². The molecule has 0 saturated heterocycles. The van der Waals surface area contributed by atoms with E-state index in [-0.39, 0.29) is 46.7 Å². The standard InChI is InChI=1S/C34H57Si.3ClH.Ti/c1-5-7-8-9-10-11-12-13-14-15-16-17-18-19-20-24-27-32-30(4)28-33(29(3)6-2)34(32)35-31-25-22-21-23-26-31;;;;/h21-23,25-26,29,32H,5-20,24,27,35H2,1-4H3;3*1H;/q;;;;+3/p-3. The van der Waals surface area contributed by atoms with E-state index < -0.39 is 0 Å². The van der Waals surface area contributed by atoms with E-state index in [2.05, 4.69) is 78.5 Å². The molecule has 0 aromatic heterocycles. The molecule has 0 fully saturated rings. The van der Waals surface area contributed by atoms with E-state index in [0.717, 1.165) is 5.92 Å². The summed E-state index contributed by atoms with van der Waals surface area (Å²) in [6.07, 6.45) is 25.9. The second-order valence-corrected chi connectivity index (χ2v) is 14.3. The van der Waals surface area contributed by atoms with Gasteiger partial charge in [0.1, 0.15) is 0 Å². The second-order valence-electron chi connectivity index (χ2n) is 11.6. The number of unbranched alkanes of at least 4 members (excludes halogenated alkanes) is 15. The Kier molecular flexibility index (Phi) is 27.9. The van der Waals surface area contributed by atoms with Crippen LogP contribution in [0.3, 0.4) is 0 Å². The molecular formula is C34H57Cl3SiTi. The Morgan fingerprint density at radius 3 is 1.56 bits per heavy atom. The van der Waals surface area contributed by atoms with Crippen molar-refractivity contribution in [1.29, 1.82) is 0 Å². The topological polar surface area (TPSA) is 0 Å². The van der Waals surface area contributed by atoms with Gasteiger partial charge < -0.3 is 37.2 Å². The summed E-state index contributed by atoms with van der Waals surface area (Å²) in [6, 6.07) is 11.4. The molecule has 2 unspecified atom stereocenters. The Hall–Kier alpha value is 0.501. The Labute approximate surface area is 276 Å². The minimum Gasteiger partial charge on any atom is -1.00 e. The average Bonchev–Trinajstić information content (AvgIpc) is 3.12. The smallest absolute Gasteiger partial charge is 1.00 e. The number of rotatable bonds is 21. The third kappa shape index (κ3) is 16.1. The van der Waals surface area contributed by atoms with Gasteiger partial charge in [-0.2, -0.15) is 0 Å². The molecule has 0 heterocycles. The first kappa shape index (κ1) is 41.6. The van der Waals surface area contributed by atoms with Gasteiger partial charge in [0.25, 0.3) is 0 Å². The molecule has 0 N–H and O–H groups in total. The molecule has 2 atom stereocenters. The first-order valence-electron chi connectivity index (χ1n) is 15.8. The van der Waals surface area contributed by atoms with Crippen LogP contribution >= 0.6 is 0 Å². The zero-order chi connectivity index (χ0) is 26.0. The van der Waals surface area contributed by atoms with Crippen molar-refractivity contribution < 1.29 is 57.7 Å². The summed E-state index contributed by atoms with van der Waals surface area (Å²) in [5.74, 6) is 1.45. The molecule has 1 aliphatic rings. The van der Waals surface area contributed by atoms with Crippen molar-refractivity contribution in [1.82, 2.24) is 0 Å². The van der Waals surface area contributed by atoms with Gasteiger partial charge in [0, 0.05) is 0 Å². The molecule has 39 heavy (non-hydrogen) atoms. The number of hydrogen-bond acceptors (Lipinski definition) is 0. The molecule has 0 amide bonds. The van der Waals surface area contributed by atoms with E-state index in [1.807, 2.05) is 5.20 Å². The summed E-state index contributed by atoms with van der Waals surface area (Å²) in [5.41, 5.74) is 3.46. The molecule has 0 radical (unpaired) electrons. The largest absolute Gasteiger partial charge is 1.00 e. The van der Waals surface area contributed by atoms with Crippen molar-refractivity contribution in [2.24, 2.45) is 11.8 Å². The fourth-order valence-corrected chi connectivity index (χ4v) is 9.69. The van der Waals surface area contributed by atoms with Crippen LogP contribution in [-0.4, -0.2) is 9.52 Å². The Morgan fingerprint density at radius 1 is 0.692 bits per heavy atom. The predicted molar refractivity (Wildman–Crippen MR) is 161 cm³/mol. The number of halogens is 3. The van der Waals surface area contributed by atoms with E-state index in [1.165, 1.54) is 116 Å². The predicted octanol–water partition coefficient (Wildman–Crippen LogP) is 0.895. The van der Waals surface area contributed by atoms with Crippen LogP contribution in [0.1, 0.15) is 143 Å². The van der Waals surface area contributed by atoms with Gasteiger partial charge in [-0.05, 0) is 0 Å². The van der Waals surface area contributed by atoms with E-state index >= 15 is 0 Å². The molecule has 1 aromatic rings. The Morgan fingerprint density at radius 2 is 1.13 bits per heavy atom. The number of benzene rings is 1. The van der Waals surface area contributed by atoms with Crippen molar-refractivity contribution in [2.45, 2.75) is 143 Å². The number of hydrogen-bond donors (Lipinski definition) is 0. The maximum Gasteiger partial charge on any atom is -1.00 e. The van der Waals surface area contributed by atoms with Gasteiger partial charge in [-0.1, -0.05) is 58.3 Å². The molecule has 0 aliphatic heterocycles. The Bertz CT molecular complexity index is 778. The average molecular weight is 648 g/mol. The molecular weight excluding hydrogens is 591 g/mol. The van der Waals surface area contributed by atoms with Crippen LogP contribution in [0.15, 0.2) is 50.6 Å². The summed E-state index contributed by atoms with van der Waals surface area (Å²) >= 11 is 2.42. The zero-order valence-electron chi connectivity index (χ0n) is 25.6. The summed E-state index contributed by atoms with van der Waals surface area (Å²) < 4.78 is 1.64. The van der Waals surface area contributed by atoms with Crippen LogP contribution in [-0.2, 0) is 20.4 Å². The van der Waals surface area contributed by atoms with Crippen LogP contribution in [0.25, 0.3) is 0 Å². The van der Waals surface area contributed by atoms with Gasteiger partial charge in [0.05, 0.1) is 0 Å². The summed E-state index contributed by atoms with van der Waals surface area (Å²) in [5, 5.41) is 3.50. The molecule has 1 aromatic carbocycles. The van der Waals surface area contributed by atoms with E-state index in [0.29, 0.717) is 5.92 Å². The molecule has 0 bridgehead atoms. The molecule has 1 aliphatic carbocycles. The van der Waals surface area contributed by atoms with Gasteiger partial charge in [-0.15, -0.1) is 0 Å². The third-order valence-electron chi connectivity index (χ3n) is 8.64. The fraction of sp³-hybridized carbons (Fsp3) is 0.706. The van der Waals surface area contributed by atoms with Crippen molar-refractivity contribution >= 4 is 14.7 Å². The van der Waals surface area contributed by atoms with Crippen LogP contribution < -0.4 is 42.4 Å². The summed E-state index contributed by atoms with van der Waals surface area (Å²) in [7, 11) is -0.375. The van der Waals surface area contributed by atoms with Crippen LogP contribution in [0.2, 0.25) is 0 Å². The maximum atomic E-state index is 2.46. The van der Waals surface area contributed by atoms with Gasteiger partial charge >= 0.3 is 183 Å². The van der Waals surface area contributed by atoms with E-state index in [1.54, 1.807) is 20.2 Å². The van der Waals surface area contributed by atoms with Crippen LogP contribution in [0.4, 0.5) is 0 Å².